The maximum absolute atomic E-state index is 10.1. The van der Waals surface area contributed by atoms with E-state index in [1.807, 2.05) is 0 Å². The number of tetrazole rings is 1. The average Bonchev–Trinajstić information content (AvgIpc) is 2.34. The standard InChI is InChI=1S/C3H6N6O/c4-3(10)5-1-2-6-8-9-7-2/h1H2,(H3,4,5,10)(H,6,7,8,9). The van der Waals surface area contributed by atoms with Gasteiger partial charge in [-0.05, 0) is 10.4 Å². The number of nitrogens with zero attached hydrogens (tertiary/aromatic N) is 3. The Morgan fingerprint density at radius 1 is 1.80 bits per heavy atom. The van der Waals surface area contributed by atoms with Crippen molar-refractivity contribution in [2.24, 2.45) is 5.73 Å². The first-order valence-electron chi connectivity index (χ1n) is 2.55. The molecule has 1 aromatic heterocycles. The number of nitrogens with two attached hydrogens (primary N) is 1. The van der Waals surface area contributed by atoms with Crippen molar-refractivity contribution in [1.82, 2.24) is 25.9 Å². The van der Waals surface area contributed by atoms with Gasteiger partial charge in [-0.25, -0.2) is 9.89 Å². The van der Waals surface area contributed by atoms with Crippen molar-refractivity contribution < 1.29 is 4.79 Å². The number of carbonyl (C=O) groups excluding carboxylic acids is 1. The third kappa shape index (κ3) is 1.69. The van der Waals surface area contributed by atoms with Gasteiger partial charge in [-0.2, -0.15) is 0 Å². The maximum Gasteiger partial charge on any atom is 0.312 e. The second-order valence-electron chi connectivity index (χ2n) is 1.57. The van der Waals surface area contributed by atoms with Crippen LogP contribution in [0, 0.1) is 0 Å². The molecule has 7 nitrogen and oxygen atoms in total. The number of H-pyrrole nitrogens is 1. The van der Waals surface area contributed by atoms with E-state index in [0.29, 0.717) is 5.82 Å². The van der Waals surface area contributed by atoms with E-state index in [1.165, 1.54) is 0 Å². The first kappa shape index (κ1) is 6.46. The van der Waals surface area contributed by atoms with Gasteiger partial charge in [0.2, 0.25) is 0 Å². The third-order valence-corrected chi connectivity index (χ3v) is 0.819. The predicted octanol–water partition coefficient (Wildman–Crippen LogP) is -1.63. The minimum Gasteiger partial charge on any atom is -0.352 e. The molecule has 0 spiro atoms. The number of urea groups is 1. The van der Waals surface area contributed by atoms with Crippen LogP contribution in [0.15, 0.2) is 0 Å². The zero-order chi connectivity index (χ0) is 7.40. The van der Waals surface area contributed by atoms with Gasteiger partial charge >= 0.3 is 6.03 Å². The van der Waals surface area contributed by atoms with E-state index in [2.05, 4.69) is 25.9 Å². The van der Waals surface area contributed by atoms with Crippen LogP contribution >= 0.6 is 0 Å². The average molecular weight is 142 g/mol. The highest BCUT2D eigenvalue weighted by Gasteiger charge is 1.96. The first-order chi connectivity index (χ1) is 4.79. The molecule has 0 aliphatic rings. The Bertz CT molecular complexity index is 205. The highest BCUT2D eigenvalue weighted by atomic mass is 16.2. The summed E-state index contributed by atoms with van der Waals surface area (Å²) >= 11 is 0. The number of aromatic nitrogens is 4. The van der Waals surface area contributed by atoms with Crippen molar-refractivity contribution in [1.29, 1.82) is 0 Å². The van der Waals surface area contributed by atoms with Crippen LogP contribution in [0.5, 0.6) is 0 Å². The molecule has 54 valence electrons. The number of nitrogens with one attached hydrogen (secondary N) is 2. The summed E-state index contributed by atoms with van der Waals surface area (Å²) in [4.78, 5) is 10.1. The lowest BCUT2D eigenvalue weighted by molar-refractivity contribution is 0.248. The van der Waals surface area contributed by atoms with Crippen LogP contribution < -0.4 is 11.1 Å². The molecule has 0 bridgehead atoms. The quantitative estimate of drug-likeness (QED) is 0.460. The van der Waals surface area contributed by atoms with Crippen molar-refractivity contribution in [3.05, 3.63) is 5.82 Å². The first-order valence-corrected chi connectivity index (χ1v) is 2.55. The molecule has 0 radical (unpaired) electrons. The SMILES string of the molecule is NC(=O)NCc1nnn[nH]1. The van der Waals surface area contributed by atoms with Crippen LogP contribution in [0.3, 0.4) is 0 Å². The molecule has 7 heteroatoms. The van der Waals surface area contributed by atoms with Gasteiger partial charge in [0.05, 0.1) is 6.54 Å². The molecule has 0 atom stereocenters. The van der Waals surface area contributed by atoms with Crippen LogP contribution in [0.4, 0.5) is 4.79 Å². The van der Waals surface area contributed by atoms with Crippen LogP contribution in [-0.4, -0.2) is 26.7 Å². The maximum atomic E-state index is 10.1. The van der Waals surface area contributed by atoms with Gasteiger partial charge < -0.3 is 11.1 Å². The molecule has 10 heavy (non-hydrogen) atoms. The molecule has 0 aromatic carbocycles. The molecular weight excluding hydrogens is 136 g/mol. The third-order valence-electron chi connectivity index (χ3n) is 0.819. The Labute approximate surface area is 56.0 Å². The highest BCUT2D eigenvalue weighted by molar-refractivity contribution is 5.71. The number of hydrogen-bond acceptors (Lipinski definition) is 4. The van der Waals surface area contributed by atoms with Gasteiger partial charge in [-0.1, -0.05) is 0 Å². The summed E-state index contributed by atoms with van der Waals surface area (Å²) < 4.78 is 0. The Hall–Kier alpha value is -1.66. The molecule has 0 unspecified atom stereocenters. The van der Waals surface area contributed by atoms with Gasteiger partial charge in [0.25, 0.3) is 0 Å². The fraction of sp³-hybridized carbons (Fsp3) is 0.333. The summed E-state index contributed by atoms with van der Waals surface area (Å²) in [6.45, 7) is 0.225. The minimum atomic E-state index is -0.601. The topological polar surface area (TPSA) is 110 Å². The van der Waals surface area contributed by atoms with Gasteiger partial charge in [0.1, 0.15) is 0 Å². The molecule has 0 saturated carbocycles. The predicted molar refractivity (Wildman–Crippen MR) is 30.6 cm³/mol. The van der Waals surface area contributed by atoms with E-state index >= 15 is 0 Å². The number of rotatable bonds is 2. The zero-order valence-electron chi connectivity index (χ0n) is 5.03. The lowest BCUT2D eigenvalue weighted by Crippen LogP contribution is -2.29. The second kappa shape index (κ2) is 2.76. The summed E-state index contributed by atoms with van der Waals surface area (Å²) in [5.74, 6) is 0.471. The van der Waals surface area contributed by atoms with Crippen LogP contribution in [-0.2, 0) is 6.54 Å². The largest absolute Gasteiger partial charge is 0.352 e. The number of hydrogen-bond donors (Lipinski definition) is 3. The fourth-order valence-electron chi connectivity index (χ4n) is 0.425. The van der Waals surface area contributed by atoms with Crippen molar-refractivity contribution in [3.8, 4) is 0 Å². The summed E-state index contributed by atoms with van der Waals surface area (Å²) in [6.07, 6.45) is 0. The fourth-order valence-corrected chi connectivity index (χ4v) is 0.425. The molecule has 0 aliphatic carbocycles. The lowest BCUT2D eigenvalue weighted by atomic mass is 10.6. The van der Waals surface area contributed by atoms with Gasteiger partial charge in [-0.15, -0.1) is 5.10 Å². The Morgan fingerprint density at radius 2 is 2.60 bits per heavy atom. The van der Waals surface area contributed by atoms with Crippen LogP contribution in [0.2, 0.25) is 0 Å². The lowest BCUT2D eigenvalue weighted by Gasteiger charge is -1.93. The molecule has 2 amide bonds. The van der Waals surface area contributed by atoms with E-state index in [1.54, 1.807) is 0 Å². The Balaban J connectivity index is 2.35. The van der Waals surface area contributed by atoms with E-state index in [-0.39, 0.29) is 6.54 Å². The molecule has 0 saturated heterocycles. The van der Waals surface area contributed by atoms with E-state index < -0.39 is 6.03 Å². The number of aromatic amines is 1. The van der Waals surface area contributed by atoms with Gasteiger partial charge in [0, 0.05) is 0 Å². The van der Waals surface area contributed by atoms with E-state index in [4.69, 9.17) is 5.73 Å². The zero-order valence-corrected chi connectivity index (χ0v) is 5.03. The van der Waals surface area contributed by atoms with Gasteiger partial charge in [-0.3, -0.25) is 0 Å². The number of amides is 2. The summed E-state index contributed by atoms with van der Waals surface area (Å²) in [7, 11) is 0. The normalized spacial score (nSPS) is 9.20. The van der Waals surface area contributed by atoms with Crippen molar-refractivity contribution in [2.75, 3.05) is 0 Å². The summed E-state index contributed by atoms with van der Waals surface area (Å²) in [5, 5.41) is 14.8. The number of carbonyl (C=O) groups is 1. The van der Waals surface area contributed by atoms with Crippen LogP contribution in [0.1, 0.15) is 5.82 Å². The molecular formula is C3H6N6O. The molecule has 0 aliphatic heterocycles. The van der Waals surface area contributed by atoms with E-state index in [9.17, 15) is 4.79 Å². The monoisotopic (exact) mass is 142 g/mol. The molecule has 4 N–H and O–H groups in total. The summed E-state index contributed by atoms with van der Waals surface area (Å²) in [6, 6.07) is -0.601. The Morgan fingerprint density at radius 3 is 3.10 bits per heavy atom. The number of primary amides is 1. The molecule has 1 heterocycles. The van der Waals surface area contributed by atoms with Crippen molar-refractivity contribution in [2.45, 2.75) is 6.54 Å². The van der Waals surface area contributed by atoms with Crippen molar-refractivity contribution in [3.63, 3.8) is 0 Å². The summed E-state index contributed by atoms with van der Waals surface area (Å²) in [5.41, 5.74) is 4.78. The molecule has 1 aromatic rings. The highest BCUT2D eigenvalue weighted by Crippen LogP contribution is 1.78. The van der Waals surface area contributed by atoms with Crippen LogP contribution in [0.25, 0.3) is 0 Å². The second-order valence-corrected chi connectivity index (χ2v) is 1.57. The minimum absolute atomic E-state index is 0.225. The van der Waals surface area contributed by atoms with Gasteiger partial charge in [0.15, 0.2) is 5.82 Å². The van der Waals surface area contributed by atoms with E-state index in [0.717, 1.165) is 0 Å². The molecule has 0 fully saturated rings. The Kier molecular flexibility index (Phi) is 1.78. The smallest absolute Gasteiger partial charge is 0.312 e. The molecule has 1 rings (SSSR count). The van der Waals surface area contributed by atoms with Crippen molar-refractivity contribution >= 4 is 6.03 Å².